The van der Waals surface area contributed by atoms with Crippen LogP contribution in [0.15, 0.2) is 66.7 Å². The first-order chi connectivity index (χ1) is 25.8. The maximum Gasteiger partial charge on any atom is 0.349 e. The van der Waals surface area contributed by atoms with Gasteiger partial charge < -0.3 is 30.7 Å². The van der Waals surface area contributed by atoms with Crippen molar-refractivity contribution in [3.63, 3.8) is 0 Å². The SMILES string of the molecule is Cn1cc2c(n1)-c1c(Oc3ccc(/C=C/P(=O)(O)O)cc3)sc(C(N)=O)c1CC2.Cn1cc2c(n1)-c1c(Oc3ccc(C=O)cc3)sc(C(N)=O)c1CC2.[Pr].[Pr]. The van der Waals surface area contributed by atoms with Gasteiger partial charge in [-0.3, -0.25) is 28.3 Å². The Hall–Kier alpha value is -2.91. The first-order valence-corrected chi connectivity index (χ1v) is 19.8. The molecule has 14 nitrogen and oxygen atoms in total. The number of ether oxygens (including phenoxy) is 2. The minimum Gasteiger partial charge on any atom is -0.446 e. The summed E-state index contributed by atoms with van der Waals surface area (Å²) in [6.07, 6.45) is 9.11. The zero-order chi connectivity index (χ0) is 38.3. The molecule has 0 bridgehead atoms. The van der Waals surface area contributed by atoms with Gasteiger partial charge in [0.05, 0.1) is 20.9 Å². The fourth-order valence-electron chi connectivity index (χ4n) is 6.42. The van der Waals surface area contributed by atoms with Gasteiger partial charge in [0, 0.05) is 120 Å². The molecule has 0 fully saturated rings. The third kappa shape index (κ3) is 9.68. The molecule has 0 saturated carbocycles. The van der Waals surface area contributed by atoms with Gasteiger partial charge in [-0.25, -0.2) is 0 Å². The summed E-state index contributed by atoms with van der Waals surface area (Å²) in [4.78, 5) is 53.4. The number of amides is 2. The van der Waals surface area contributed by atoms with E-state index in [1.54, 1.807) is 57.9 Å². The van der Waals surface area contributed by atoms with E-state index in [2.05, 4.69) is 10.2 Å². The first-order valence-electron chi connectivity index (χ1n) is 16.5. The van der Waals surface area contributed by atoms with Crippen molar-refractivity contribution in [2.45, 2.75) is 25.7 Å². The molecule has 19 heteroatoms. The zero-order valence-corrected chi connectivity index (χ0v) is 40.0. The molecule has 0 saturated heterocycles. The smallest absolute Gasteiger partial charge is 0.349 e. The molecule has 6 N–H and O–H groups in total. The number of aromatic nitrogens is 4. The van der Waals surface area contributed by atoms with E-state index in [-0.39, 0.29) is 82.6 Å². The summed E-state index contributed by atoms with van der Waals surface area (Å²) in [5.41, 5.74) is 19.6. The summed E-state index contributed by atoms with van der Waals surface area (Å²) in [5.74, 6) is 1.03. The summed E-state index contributed by atoms with van der Waals surface area (Å²) < 4.78 is 26.5. The van der Waals surface area contributed by atoms with Gasteiger partial charge >= 0.3 is 7.60 Å². The van der Waals surface area contributed by atoms with Crippen molar-refractivity contribution < 1.29 is 121 Å². The summed E-state index contributed by atoms with van der Waals surface area (Å²) in [6, 6.07) is 13.6. The number of nitrogens with two attached hydrogens (primary N) is 2. The van der Waals surface area contributed by atoms with Crippen LogP contribution in [0.3, 0.4) is 0 Å². The number of benzene rings is 2. The number of hydrogen-bond donors (Lipinski definition) is 4. The van der Waals surface area contributed by atoms with Crippen LogP contribution in [0.25, 0.3) is 28.6 Å². The summed E-state index contributed by atoms with van der Waals surface area (Å²) in [7, 11) is -0.486. The van der Waals surface area contributed by atoms with E-state index in [0.717, 1.165) is 76.1 Å². The Morgan fingerprint density at radius 2 is 1.14 bits per heavy atom. The zero-order valence-electron chi connectivity index (χ0n) is 30.0. The fraction of sp³-hybridized carbons (Fsp3) is 0.162. The van der Waals surface area contributed by atoms with Crippen LogP contribution in [0.2, 0.25) is 0 Å². The van der Waals surface area contributed by atoms with Gasteiger partial charge in [0.2, 0.25) is 0 Å². The van der Waals surface area contributed by atoms with E-state index in [1.807, 2.05) is 26.5 Å². The molecular weight excluding hydrogens is 1030 g/mol. The van der Waals surface area contributed by atoms with Crippen LogP contribution in [0.1, 0.15) is 57.5 Å². The van der Waals surface area contributed by atoms with Crippen molar-refractivity contribution >= 4 is 54.4 Å². The van der Waals surface area contributed by atoms with Crippen LogP contribution in [0.4, 0.5) is 0 Å². The van der Waals surface area contributed by atoms with E-state index >= 15 is 0 Å². The molecule has 2 radical (unpaired) electrons. The molecule has 0 unspecified atom stereocenters. The van der Waals surface area contributed by atoms with Gasteiger partial charge in [0.1, 0.15) is 29.2 Å². The molecule has 8 rings (SSSR count). The average Bonchev–Trinajstić information content (AvgIpc) is 3.90. The van der Waals surface area contributed by atoms with Crippen molar-refractivity contribution in [1.29, 1.82) is 0 Å². The molecular formula is C37H33N6O8PPr2S2. The van der Waals surface area contributed by atoms with Crippen molar-refractivity contribution in [3.8, 4) is 44.1 Å². The minimum absolute atomic E-state index is 0. The van der Waals surface area contributed by atoms with Gasteiger partial charge in [0.25, 0.3) is 11.8 Å². The standard InChI is InChI=1S/C19H18N3O5PS.C18H15N3O3S.2Pr/c1-22-10-12-4-7-14-15(16(12)21-22)19(29-17(14)18(20)23)27-13-5-2-11(3-6-13)8-9-28(24,25)26;1-21-8-11-4-7-13-14(15(11)20-21)18(25-16(13)17(19)23)24-12-5-2-10(9-22)3-6-12;;/h2-3,5-6,8-10H,4,7H2,1H3,(H2,20,23)(H2,24,25,26);2-3,5-6,8-9H,4,7H2,1H3,(H2,19,23);;/b9-8+;;;. The molecule has 56 heavy (non-hydrogen) atoms. The van der Waals surface area contributed by atoms with E-state index in [4.69, 9.17) is 30.7 Å². The molecule has 0 spiro atoms. The third-order valence-electron chi connectivity index (χ3n) is 8.75. The minimum atomic E-state index is -4.21. The second-order valence-corrected chi connectivity index (χ2v) is 16.0. The Morgan fingerprint density at radius 3 is 1.52 bits per heavy atom. The number of thiophene rings is 2. The molecule has 0 atom stereocenters. The van der Waals surface area contributed by atoms with E-state index in [1.165, 1.54) is 28.7 Å². The van der Waals surface area contributed by atoms with Gasteiger partial charge in [-0.2, -0.15) is 10.2 Å². The molecule has 0 aliphatic heterocycles. The van der Waals surface area contributed by atoms with Crippen LogP contribution in [0, 0.1) is 82.6 Å². The number of nitrogens with zero attached hydrogens (tertiary/aromatic N) is 4. The van der Waals surface area contributed by atoms with Gasteiger partial charge in [-0.15, -0.1) is 0 Å². The molecule has 2 aliphatic rings. The Balaban J connectivity index is 0.000000209. The largest absolute Gasteiger partial charge is 0.446 e. The predicted octanol–water partition coefficient (Wildman–Crippen LogP) is 6.24. The topological polar surface area (TPSA) is 215 Å². The summed E-state index contributed by atoms with van der Waals surface area (Å²) >= 11 is 2.45. The van der Waals surface area contributed by atoms with Crippen molar-refractivity contribution in [2.75, 3.05) is 0 Å². The fourth-order valence-corrected chi connectivity index (χ4v) is 8.93. The number of fused-ring (bicyclic) bond motifs is 6. The van der Waals surface area contributed by atoms with Crippen molar-refractivity contribution in [1.82, 2.24) is 19.6 Å². The van der Waals surface area contributed by atoms with Gasteiger partial charge in [-0.1, -0.05) is 34.8 Å². The van der Waals surface area contributed by atoms with Gasteiger partial charge in [0.15, 0.2) is 10.1 Å². The molecule has 2 aromatic carbocycles. The Kier molecular flexibility index (Phi) is 14.5. The number of hydrogen-bond acceptors (Lipinski definition) is 10. The van der Waals surface area contributed by atoms with E-state index < -0.39 is 19.4 Å². The Bertz CT molecular complexity index is 2520. The number of primary amides is 2. The molecule has 2 aliphatic carbocycles. The van der Waals surface area contributed by atoms with Crippen LogP contribution in [0.5, 0.6) is 21.6 Å². The molecule has 4 aromatic heterocycles. The van der Waals surface area contributed by atoms with E-state index in [9.17, 15) is 18.9 Å². The number of aldehydes is 1. The quantitative estimate of drug-likeness (QED) is 0.0945. The molecule has 282 valence electrons. The first kappa shape index (κ1) is 44.2. The second-order valence-electron chi connectivity index (χ2n) is 12.6. The second kappa shape index (κ2) is 18.3. The van der Waals surface area contributed by atoms with Crippen LogP contribution in [-0.2, 0) is 44.3 Å². The van der Waals surface area contributed by atoms with Crippen LogP contribution < -0.4 is 20.9 Å². The molecule has 4 heterocycles. The normalized spacial score (nSPS) is 12.4. The maximum atomic E-state index is 11.9. The predicted molar refractivity (Wildman–Crippen MR) is 204 cm³/mol. The Morgan fingerprint density at radius 1 is 0.732 bits per heavy atom. The number of aryl methyl sites for hydroxylation is 4. The van der Waals surface area contributed by atoms with Gasteiger partial charge in [-0.05, 0) is 96.0 Å². The number of rotatable bonds is 9. The molecule has 2 amide bonds. The summed E-state index contributed by atoms with van der Waals surface area (Å²) in [6.45, 7) is 0. The number of carbonyl (C=O) groups is 3. The summed E-state index contributed by atoms with van der Waals surface area (Å²) in [5, 5.41) is 10.2. The van der Waals surface area contributed by atoms with Crippen LogP contribution in [-0.4, -0.2) is 47.4 Å². The van der Waals surface area contributed by atoms with E-state index in [0.29, 0.717) is 48.9 Å². The van der Waals surface area contributed by atoms with Crippen LogP contribution >= 0.6 is 30.3 Å². The average molecular weight is 1070 g/mol. The molecule has 6 aromatic rings. The monoisotopic (exact) mass is 1070 g/mol. The third-order valence-corrected chi connectivity index (χ3v) is 11.5. The van der Waals surface area contributed by atoms with Crippen molar-refractivity contribution in [3.05, 3.63) is 110 Å². The van der Waals surface area contributed by atoms with Crippen molar-refractivity contribution in [2.24, 2.45) is 25.6 Å². The Labute approximate surface area is 395 Å². The maximum absolute atomic E-state index is 11.9. The number of carbonyl (C=O) groups excluding carboxylic acids is 3.